The molecule has 7 heteroatoms. The Morgan fingerprint density at radius 3 is 2.89 bits per heavy atom. The van der Waals surface area contributed by atoms with Crippen molar-refractivity contribution < 1.29 is 14.3 Å². The van der Waals surface area contributed by atoms with Crippen LogP contribution in [-0.4, -0.2) is 46.0 Å². The number of hydrogen-bond donors (Lipinski definition) is 1. The SMILES string of the molecule is O=C(NC1COCCC1Oc1ccccn1)c1cnn(Cc2ccccc2)c1. The lowest BCUT2D eigenvalue weighted by Crippen LogP contribution is -2.51. The van der Waals surface area contributed by atoms with Crippen LogP contribution in [0.25, 0.3) is 0 Å². The number of carbonyl (C=O) groups is 1. The summed E-state index contributed by atoms with van der Waals surface area (Å²) in [5, 5.41) is 7.31. The Hall–Kier alpha value is -3.19. The zero-order chi connectivity index (χ0) is 19.2. The van der Waals surface area contributed by atoms with Gasteiger partial charge in [-0.3, -0.25) is 9.48 Å². The molecule has 4 rings (SSSR count). The highest BCUT2D eigenvalue weighted by molar-refractivity contribution is 5.93. The third kappa shape index (κ3) is 4.55. The summed E-state index contributed by atoms with van der Waals surface area (Å²) in [6.45, 7) is 1.62. The van der Waals surface area contributed by atoms with Crippen LogP contribution in [-0.2, 0) is 11.3 Å². The molecule has 3 aromatic rings. The van der Waals surface area contributed by atoms with Gasteiger partial charge in [-0.25, -0.2) is 4.98 Å². The van der Waals surface area contributed by atoms with Crippen LogP contribution < -0.4 is 10.1 Å². The average molecular weight is 378 g/mol. The van der Waals surface area contributed by atoms with Crippen LogP contribution in [0.2, 0.25) is 0 Å². The number of rotatable bonds is 6. The van der Waals surface area contributed by atoms with E-state index in [0.29, 0.717) is 37.6 Å². The van der Waals surface area contributed by atoms with Crippen LogP contribution in [0, 0.1) is 0 Å². The van der Waals surface area contributed by atoms with E-state index < -0.39 is 0 Å². The van der Waals surface area contributed by atoms with E-state index in [1.807, 2.05) is 48.5 Å². The first kappa shape index (κ1) is 18.2. The van der Waals surface area contributed by atoms with Gasteiger partial charge in [-0.2, -0.15) is 5.10 Å². The van der Waals surface area contributed by atoms with E-state index in [2.05, 4.69) is 15.4 Å². The second-order valence-electron chi connectivity index (χ2n) is 6.68. The molecule has 0 bridgehead atoms. The first-order valence-electron chi connectivity index (χ1n) is 9.30. The zero-order valence-corrected chi connectivity index (χ0v) is 15.4. The summed E-state index contributed by atoms with van der Waals surface area (Å²) in [6, 6.07) is 15.3. The molecule has 1 aliphatic heterocycles. The van der Waals surface area contributed by atoms with E-state index in [1.165, 1.54) is 0 Å². The molecule has 0 radical (unpaired) electrons. The smallest absolute Gasteiger partial charge is 0.254 e. The van der Waals surface area contributed by atoms with Gasteiger partial charge in [-0.1, -0.05) is 36.4 Å². The minimum Gasteiger partial charge on any atom is -0.472 e. The molecular weight excluding hydrogens is 356 g/mol. The lowest BCUT2D eigenvalue weighted by atomic mass is 10.1. The van der Waals surface area contributed by atoms with Gasteiger partial charge in [0, 0.05) is 24.9 Å². The van der Waals surface area contributed by atoms with Crippen molar-refractivity contribution in [2.75, 3.05) is 13.2 Å². The van der Waals surface area contributed by atoms with Crippen molar-refractivity contribution >= 4 is 5.91 Å². The van der Waals surface area contributed by atoms with Gasteiger partial charge in [0.1, 0.15) is 6.10 Å². The summed E-state index contributed by atoms with van der Waals surface area (Å²) in [6.07, 6.45) is 5.52. The molecule has 3 heterocycles. The number of nitrogens with zero attached hydrogens (tertiary/aromatic N) is 3. The molecule has 1 aliphatic rings. The lowest BCUT2D eigenvalue weighted by Gasteiger charge is -2.31. The van der Waals surface area contributed by atoms with Gasteiger partial charge >= 0.3 is 0 Å². The molecule has 7 nitrogen and oxygen atoms in total. The Bertz CT molecular complexity index is 898. The maximum absolute atomic E-state index is 12.7. The molecule has 2 aromatic heterocycles. The molecule has 1 fully saturated rings. The quantitative estimate of drug-likeness (QED) is 0.712. The summed E-state index contributed by atoms with van der Waals surface area (Å²) in [5.41, 5.74) is 1.64. The summed E-state index contributed by atoms with van der Waals surface area (Å²) < 4.78 is 13.3. The van der Waals surface area contributed by atoms with Crippen molar-refractivity contribution in [2.45, 2.75) is 25.1 Å². The van der Waals surface area contributed by atoms with Gasteiger partial charge in [0.15, 0.2) is 0 Å². The highest BCUT2D eigenvalue weighted by Gasteiger charge is 2.29. The van der Waals surface area contributed by atoms with Gasteiger partial charge in [-0.15, -0.1) is 0 Å². The Labute approximate surface area is 163 Å². The van der Waals surface area contributed by atoms with Gasteiger partial charge < -0.3 is 14.8 Å². The second kappa shape index (κ2) is 8.67. The normalized spacial score (nSPS) is 19.1. The fourth-order valence-electron chi connectivity index (χ4n) is 3.16. The third-order valence-corrected chi connectivity index (χ3v) is 4.60. The summed E-state index contributed by atoms with van der Waals surface area (Å²) in [7, 11) is 0. The highest BCUT2D eigenvalue weighted by Crippen LogP contribution is 2.16. The molecule has 1 saturated heterocycles. The number of carbonyl (C=O) groups excluding carboxylic acids is 1. The Morgan fingerprint density at radius 2 is 2.07 bits per heavy atom. The Morgan fingerprint density at radius 1 is 1.21 bits per heavy atom. The van der Waals surface area contributed by atoms with Crippen LogP contribution in [0.3, 0.4) is 0 Å². The number of hydrogen-bond acceptors (Lipinski definition) is 5. The maximum Gasteiger partial charge on any atom is 0.254 e. The maximum atomic E-state index is 12.7. The summed E-state index contributed by atoms with van der Waals surface area (Å²) in [4.78, 5) is 16.9. The van der Waals surface area contributed by atoms with Crippen molar-refractivity contribution in [2.24, 2.45) is 0 Å². The molecule has 2 unspecified atom stereocenters. The molecule has 1 N–H and O–H groups in total. The topological polar surface area (TPSA) is 78.3 Å². The molecule has 0 spiro atoms. The van der Waals surface area contributed by atoms with Crippen LogP contribution in [0.1, 0.15) is 22.3 Å². The van der Waals surface area contributed by atoms with Gasteiger partial charge in [-0.05, 0) is 11.6 Å². The van der Waals surface area contributed by atoms with E-state index >= 15 is 0 Å². The molecular formula is C21H22N4O3. The fourth-order valence-corrected chi connectivity index (χ4v) is 3.16. The van der Waals surface area contributed by atoms with E-state index in [1.54, 1.807) is 23.3 Å². The molecule has 0 aliphatic carbocycles. The van der Waals surface area contributed by atoms with E-state index in [0.717, 1.165) is 5.56 Å². The predicted molar refractivity (Wildman–Crippen MR) is 103 cm³/mol. The van der Waals surface area contributed by atoms with Crippen LogP contribution in [0.5, 0.6) is 5.88 Å². The largest absolute Gasteiger partial charge is 0.472 e. The van der Waals surface area contributed by atoms with E-state index in [9.17, 15) is 4.79 Å². The number of aromatic nitrogens is 3. The number of amides is 1. The summed E-state index contributed by atoms with van der Waals surface area (Å²) in [5.74, 6) is 0.355. The molecule has 0 saturated carbocycles. The molecule has 28 heavy (non-hydrogen) atoms. The highest BCUT2D eigenvalue weighted by atomic mass is 16.5. The second-order valence-corrected chi connectivity index (χ2v) is 6.68. The first-order chi connectivity index (χ1) is 13.8. The monoisotopic (exact) mass is 378 g/mol. The first-order valence-corrected chi connectivity index (χ1v) is 9.30. The van der Waals surface area contributed by atoms with Crippen LogP contribution in [0.15, 0.2) is 67.1 Å². The van der Waals surface area contributed by atoms with E-state index in [-0.39, 0.29) is 18.1 Å². The number of ether oxygens (including phenoxy) is 2. The molecule has 2 atom stereocenters. The zero-order valence-electron chi connectivity index (χ0n) is 15.4. The van der Waals surface area contributed by atoms with Gasteiger partial charge in [0.2, 0.25) is 5.88 Å². The van der Waals surface area contributed by atoms with E-state index in [4.69, 9.17) is 9.47 Å². The number of benzene rings is 1. The van der Waals surface area contributed by atoms with Crippen molar-refractivity contribution in [1.82, 2.24) is 20.1 Å². The number of pyridine rings is 1. The van der Waals surface area contributed by atoms with Crippen molar-refractivity contribution in [3.05, 3.63) is 78.2 Å². The minimum absolute atomic E-state index is 0.188. The van der Waals surface area contributed by atoms with Crippen molar-refractivity contribution in [1.29, 1.82) is 0 Å². The van der Waals surface area contributed by atoms with Crippen molar-refractivity contribution in [3.8, 4) is 5.88 Å². The Kier molecular flexibility index (Phi) is 5.63. The minimum atomic E-state index is -0.249. The molecule has 1 aromatic carbocycles. The van der Waals surface area contributed by atoms with Crippen LogP contribution in [0.4, 0.5) is 0 Å². The molecule has 144 valence electrons. The van der Waals surface area contributed by atoms with Crippen molar-refractivity contribution in [3.63, 3.8) is 0 Å². The molecule has 1 amide bonds. The predicted octanol–water partition coefficient (Wildman–Crippen LogP) is 2.29. The Balaban J connectivity index is 1.39. The van der Waals surface area contributed by atoms with Gasteiger partial charge in [0.05, 0.1) is 37.6 Å². The lowest BCUT2D eigenvalue weighted by molar-refractivity contribution is -0.00448. The third-order valence-electron chi connectivity index (χ3n) is 4.60. The fraction of sp³-hybridized carbons (Fsp3) is 0.286. The average Bonchev–Trinajstić information content (AvgIpc) is 3.20. The number of nitrogens with one attached hydrogen (secondary N) is 1. The standard InChI is InChI=1S/C21H22N4O3/c26-21(17-12-23-25(14-17)13-16-6-2-1-3-7-16)24-18-15-27-11-9-19(18)28-20-8-4-5-10-22-20/h1-8,10,12,14,18-19H,9,11,13,15H2,(H,24,26). The van der Waals surface area contributed by atoms with Crippen LogP contribution >= 0.6 is 0 Å². The van der Waals surface area contributed by atoms with Gasteiger partial charge in [0.25, 0.3) is 5.91 Å². The summed E-state index contributed by atoms with van der Waals surface area (Å²) >= 11 is 0.